The fourth-order valence-electron chi connectivity index (χ4n) is 2.41. The molecule has 0 saturated carbocycles. The number of nitrogens with zero attached hydrogens (tertiary/aromatic N) is 1. The molecular weight excluding hydrogens is 262 g/mol. The Morgan fingerprint density at radius 2 is 2.15 bits per heavy atom. The largest absolute Gasteiger partial charge is 0.480 e. The fraction of sp³-hybridized carbons (Fsp3) is 0.538. The van der Waals surface area contributed by atoms with Gasteiger partial charge in [0.05, 0.1) is 6.61 Å². The second kappa shape index (κ2) is 6.53. The third-order valence-corrected chi connectivity index (χ3v) is 3.50. The summed E-state index contributed by atoms with van der Waals surface area (Å²) >= 11 is 0. The first-order chi connectivity index (χ1) is 9.63. The van der Waals surface area contributed by atoms with Gasteiger partial charge in [-0.15, -0.1) is 0 Å². The van der Waals surface area contributed by atoms with Crippen molar-refractivity contribution >= 4 is 11.9 Å². The highest BCUT2D eigenvalue weighted by atomic mass is 16.4. The molecule has 2 heterocycles. The first kappa shape index (κ1) is 14.5. The van der Waals surface area contributed by atoms with Crippen molar-refractivity contribution in [2.24, 2.45) is 0 Å². The molecule has 110 valence electrons. The van der Waals surface area contributed by atoms with Crippen LogP contribution in [0.4, 0.5) is 0 Å². The van der Waals surface area contributed by atoms with Crippen LogP contribution in [0.5, 0.6) is 0 Å². The summed E-state index contributed by atoms with van der Waals surface area (Å²) < 4.78 is 1.88. The number of carboxylic acid groups (broad SMARTS) is 1. The number of aliphatic hydroxyl groups excluding tert-OH is 1. The van der Waals surface area contributed by atoms with E-state index in [4.69, 9.17) is 10.2 Å². The van der Waals surface area contributed by atoms with Crippen LogP contribution in [-0.4, -0.2) is 52.4 Å². The molecule has 1 aromatic rings. The summed E-state index contributed by atoms with van der Waals surface area (Å²) in [6.07, 6.45) is 3.69. The lowest BCUT2D eigenvalue weighted by Gasteiger charge is -2.26. The van der Waals surface area contributed by atoms with Gasteiger partial charge in [-0.25, -0.2) is 4.79 Å². The molecule has 1 unspecified atom stereocenters. The van der Waals surface area contributed by atoms with Gasteiger partial charge in [-0.3, -0.25) is 4.79 Å². The van der Waals surface area contributed by atoms with Gasteiger partial charge >= 0.3 is 5.97 Å². The van der Waals surface area contributed by atoms with Gasteiger partial charge in [0.25, 0.3) is 5.91 Å². The van der Waals surface area contributed by atoms with Crippen molar-refractivity contribution in [2.75, 3.05) is 19.7 Å². The Morgan fingerprint density at radius 1 is 1.45 bits per heavy atom. The van der Waals surface area contributed by atoms with Gasteiger partial charge < -0.3 is 25.4 Å². The molecule has 1 saturated heterocycles. The Morgan fingerprint density at radius 3 is 2.75 bits per heavy atom. The van der Waals surface area contributed by atoms with Crippen LogP contribution in [-0.2, 0) is 4.79 Å². The van der Waals surface area contributed by atoms with Crippen LogP contribution in [0.2, 0.25) is 0 Å². The molecule has 1 amide bonds. The highest BCUT2D eigenvalue weighted by Crippen LogP contribution is 2.21. The average molecular weight is 281 g/mol. The molecule has 1 aliphatic heterocycles. The molecule has 0 bridgehead atoms. The minimum Gasteiger partial charge on any atom is -0.480 e. The predicted octanol–water partition coefficient (Wildman–Crippen LogP) is -0.412. The van der Waals surface area contributed by atoms with Gasteiger partial charge in [0, 0.05) is 12.2 Å². The van der Waals surface area contributed by atoms with E-state index >= 15 is 0 Å². The zero-order valence-corrected chi connectivity index (χ0v) is 11.1. The number of aromatic nitrogens is 1. The van der Waals surface area contributed by atoms with Gasteiger partial charge in [-0.2, -0.15) is 0 Å². The summed E-state index contributed by atoms with van der Waals surface area (Å²) in [6.45, 7) is 1.17. The molecule has 0 spiro atoms. The lowest BCUT2D eigenvalue weighted by atomic mass is 10.1. The summed E-state index contributed by atoms with van der Waals surface area (Å²) in [5.74, 6) is -1.73. The fourth-order valence-corrected chi connectivity index (χ4v) is 2.41. The summed E-state index contributed by atoms with van der Waals surface area (Å²) in [6, 6.07) is 2.39. The van der Waals surface area contributed by atoms with Crippen molar-refractivity contribution in [3.05, 3.63) is 24.0 Å². The van der Waals surface area contributed by atoms with Gasteiger partial charge in [0.15, 0.2) is 6.04 Å². The van der Waals surface area contributed by atoms with Crippen LogP contribution < -0.4 is 10.6 Å². The Hall–Kier alpha value is -1.86. The molecule has 2 rings (SSSR count). The Kier molecular flexibility index (Phi) is 4.75. The molecular formula is C13H19N3O4. The molecule has 4 N–H and O–H groups in total. The number of hydrogen-bond donors (Lipinski definition) is 4. The molecule has 1 atom stereocenters. The summed E-state index contributed by atoms with van der Waals surface area (Å²) in [5, 5.41) is 23.4. The zero-order valence-electron chi connectivity index (χ0n) is 11.1. The van der Waals surface area contributed by atoms with E-state index in [-0.39, 0.29) is 6.04 Å². The number of carbonyl (C=O) groups is 2. The van der Waals surface area contributed by atoms with Gasteiger partial charge in [-0.1, -0.05) is 0 Å². The number of carboxylic acids is 1. The second-order valence-corrected chi connectivity index (χ2v) is 4.83. The number of amides is 1. The van der Waals surface area contributed by atoms with Crippen LogP contribution in [0.25, 0.3) is 0 Å². The first-order valence-corrected chi connectivity index (χ1v) is 6.65. The lowest BCUT2D eigenvalue weighted by Crippen LogP contribution is -2.44. The standard InChI is InChI=1S/C13H19N3O4/c17-8-10(13(19)20)15-12(18)11-2-1-7-16(11)9-3-5-14-6-4-9/h1-2,7,9-10,14,17H,3-6,8H2,(H,15,18)(H,19,20). The van der Waals surface area contributed by atoms with Crippen molar-refractivity contribution in [3.8, 4) is 0 Å². The van der Waals surface area contributed by atoms with E-state index in [0.29, 0.717) is 5.69 Å². The Bertz CT molecular complexity index is 480. The van der Waals surface area contributed by atoms with E-state index in [1.165, 1.54) is 0 Å². The van der Waals surface area contributed by atoms with Crippen LogP contribution in [0.15, 0.2) is 18.3 Å². The number of hydrogen-bond acceptors (Lipinski definition) is 4. The summed E-state index contributed by atoms with van der Waals surface area (Å²) in [7, 11) is 0. The normalized spacial score (nSPS) is 17.6. The van der Waals surface area contributed by atoms with Gasteiger partial charge in [0.2, 0.25) is 0 Å². The molecule has 0 radical (unpaired) electrons. The number of aliphatic carboxylic acids is 1. The maximum absolute atomic E-state index is 12.1. The second-order valence-electron chi connectivity index (χ2n) is 4.83. The molecule has 1 fully saturated rings. The summed E-state index contributed by atoms with van der Waals surface area (Å²) in [5.41, 5.74) is 0.427. The van der Waals surface area contributed by atoms with E-state index in [0.717, 1.165) is 25.9 Å². The predicted molar refractivity (Wildman–Crippen MR) is 71.5 cm³/mol. The quantitative estimate of drug-likeness (QED) is 0.587. The van der Waals surface area contributed by atoms with Crippen molar-refractivity contribution in [1.29, 1.82) is 0 Å². The molecule has 7 nitrogen and oxygen atoms in total. The minimum absolute atomic E-state index is 0.240. The van der Waals surface area contributed by atoms with E-state index in [9.17, 15) is 9.59 Å². The third kappa shape index (κ3) is 3.17. The first-order valence-electron chi connectivity index (χ1n) is 6.65. The summed E-state index contributed by atoms with van der Waals surface area (Å²) in [4.78, 5) is 23.0. The molecule has 0 aliphatic carbocycles. The Labute approximate surface area is 116 Å². The van der Waals surface area contributed by atoms with Crippen molar-refractivity contribution < 1.29 is 19.8 Å². The SMILES string of the molecule is O=C(NC(CO)C(=O)O)c1cccn1C1CCNCC1. The van der Waals surface area contributed by atoms with Crippen molar-refractivity contribution in [3.63, 3.8) is 0 Å². The number of aliphatic hydroxyl groups is 1. The van der Waals surface area contributed by atoms with E-state index in [2.05, 4.69) is 10.6 Å². The van der Waals surface area contributed by atoms with Crippen LogP contribution in [0.1, 0.15) is 29.4 Å². The van der Waals surface area contributed by atoms with Crippen molar-refractivity contribution in [1.82, 2.24) is 15.2 Å². The average Bonchev–Trinajstić information content (AvgIpc) is 2.94. The molecule has 20 heavy (non-hydrogen) atoms. The molecule has 1 aromatic heterocycles. The van der Waals surface area contributed by atoms with Gasteiger partial charge in [-0.05, 0) is 38.1 Å². The van der Waals surface area contributed by atoms with Crippen molar-refractivity contribution in [2.45, 2.75) is 24.9 Å². The lowest BCUT2D eigenvalue weighted by molar-refractivity contribution is -0.140. The zero-order chi connectivity index (χ0) is 14.5. The third-order valence-electron chi connectivity index (χ3n) is 3.50. The smallest absolute Gasteiger partial charge is 0.328 e. The minimum atomic E-state index is -1.28. The van der Waals surface area contributed by atoms with Crippen LogP contribution >= 0.6 is 0 Å². The number of nitrogens with one attached hydrogen (secondary N) is 2. The number of piperidine rings is 1. The Balaban J connectivity index is 2.10. The van der Waals surface area contributed by atoms with Crippen LogP contribution in [0, 0.1) is 0 Å². The van der Waals surface area contributed by atoms with E-state index in [1.54, 1.807) is 12.1 Å². The van der Waals surface area contributed by atoms with E-state index < -0.39 is 24.5 Å². The molecule has 7 heteroatoms. The van der Waals surface area contributed by atoms with Gasteiger partial charge in [0.1, 0.15) is 5.69 Å². The topological polar surface area (TPSA) is 104 Å². The number of carbonyl (C=O) groups excluding carboxylic acids is 1. The maximum Gasteiger partial charge on any atom is 0.328 e. The maximum atomic E-state index is 12.1. The number of rotatable bonds is 5. The highest BCUT2D eigenvalue weighted by Gasteiger charge is 2.23. The monoisotopic (exact) mass is 281 g/mol. The highest BCUT2D eigenvalue weighted by molar-refractivity contribution is 5.95. The molecule has 1 aliphatic rings. The molecule has 0 aromatic carbocycles. The van der Waals surface area contributed by atoms with E-state index in [1.807, 2.05) is 10.8 Å². The van der Waals surface area contributed by atoms with Crippen LogP contribution in [0.3, 0.4) is 0 Å².